The molecule has 2 aliphatic rings. The van der Waals surface area contributed by atoms with Crippen LogP contribution in [0.5, 0.6) is 0 Å². The predicted molar refractivity (Wildman–Crippen MR) is 68.9 cm³/mol. The molecule has 1 unspecified atom stereocenters. The second kappa shape index (κ2) is 4.94. The lowest BCUT2D eigenvalue weighted by molar-refractivity contribution is -0.142. The Morgan fingerprint density at radius 1 is 1.24 bits per heavy atom. The molecule has 98 valence electrons. The van der Waals surface area contributed by atoms with Gasteiger partial charge in [0.1, 0.15) is 0 Å². The number of nitrogens with zero attached hydrogens (tertiary/aromatic N) is 2. The van der Waals surface area contributed by atoms with E-state index in [9.17, 15) is 4.79 Å². The number of likely N-dealkylation sites (tertiary alicyclic amines) is 1. The first-order valence-electron chi connectivity index (χ1n) is 6.77. The van der Waals surface area contributed by atoms with E-state index < -0.39 is 0 Å². The average molecular weight is 239 g/mol. The van der Waals surface area contributed by atoms with Gasteiger partial charge in [-0.2, -0.15) is 0 Å². The summed E-state index contributed by atoms with van der Waals surface area (Å²) in [6.07, 6.45) is 1.22. The number of carbonyl (C=O) groups excluding carboxylic acids is 1. The predicted octanol–water partition coefficient (Wildman–Crippen LogP) is 0.539. The van der Waals surface area contributed by atoms with Crippen molar-refractivity contribution in [3.05, 3.63) is 0 Å². The Hall–Kier alpha value is -0.610. The smallest absolute Gasteiger partial charge is 0.242 e. The Kier molecular flexibility index (Phi) is 3.73. The van der Waals surface area contributed by atoms with Crippen molar-refractivity contribution in [3.63, 3.8) is 0 Å². The first-order valence-corrected chi connectivity index (χ1v) is 6.77. The summed E-state index contributed by atoms with van der Waals surface area (Å²) in [6.45, 7) is 12.1. The van der Waals surface area contributed by atoms with Gasteiger partial charge in [-0.25, -0.2) is 0 Å². The molecule has 0 spiro atoms. The number of amides is 1. The number of carbonyl (C=O) groups is 1. The lowest BCUT2D eigenvalue weighted by atomic mass is 10.0. The van der Waals surface area contributed by atoms with Crippen molar-refractivity contribution in [1.82, 2.24) is 15.1 Å². The Bertz CT molecular complexity index is 284. The fraction of sp³-hybridized carbons (Fsp3) is 0.923. The van der Waals surface area contributed by atoms with Crippen LogP contribution in [-0.4, -0.2) is 60.5 Å². The molecule has 4 heteroatoms. The Morgan fingerprint density at radius 2 is 1.88 bits per heavy atom. The lowest BCUT2D eigenvalue weighted by Crippen LogP contribution is -2.58. The Morgan fingerprint density at radius 3 is 2.41 bits per heavy atom. The molecule has 4 nitrogen and oxygen atoms in total. The summed E-state index contributed by atoms with van der Waals surface area (Å²) in [5.74, 6) is 1.03. The molecule has 0 radical (unpaired) electrons. The van der Waals surface area contributed by atoms with Crippen LogP contribution >= 0.6 is 0 Å². The minimum Gasteiger partial charge on any atom is -0.339 e. The van der Waals surface area contributed by atoms with Gasteiger partial charge in [-0.15, -0.1) is 0 Å². The molecular formula is C13H25N3O. The topological polar surface area (TPSA) is 35.6 Å². The highest BCUT2D eigenvalue weighted by Gasteiger charge is 2.40. The quantitative estimate of drug-likeness (QED) is 0.764. The molecule has 0 aromatic heterocycles. The van der Waals surface area contributed by atoms with Gasteiger partial charge >= 0.3 is 0 Å². The molecular weight excluding hydrogens is 214 g/mol. The monoisotopic (exact) mass is 239 g/mol. The van der Waals surface area contributed by atoms with Gasteiger partial charge in [0, 0.05) is 32.7 Å². The van der Waals surface area contributed by atoms with E-state index in [0.29, 0.717) is 5.91 Å². The van der Waals surface area contributed by atoms with Gasteiger partial charge in [0.25, 0.3) is 0 Å². The zero-order chi connectivity index (χ0) is 12.5. The first kappa shape index (κ1) is 12.8. The molecule has 2 rings (SSSR count). The molecule has 2 heterocycles. The molecule has 0 aromatic rings. The van der Waals surface area contributed by atoms with Crippen LogP contribution in [0.25, 0.3) is 0 Å². The van der Waals surface area contributed by atoms with Crippen LogP contribution in [0.3, 0.4) is 0 Å². The standard InChI is InChI=1S/C13H25N3O/c1-11-4-7-16(10-11)13(2,3)12(17)15-8-5-14-6-9-15/h11,14H,4-10H2,1-3H3. The summed E-state index contributed by atoms with van der Waals surface area (Å²) in [4.78, 5) is 16.9. The molecule has 0 bridgehead atoms. The van der Waals surface area contributed by atoms with Gasteiger partial charge in [-0.3, -0.25) is 9.69 Å². The highest BCUT2D eigenvalue weighted by molar-refractivity contribution is 5.85. The van der Waals surface area contributed by atoms with Gasteiger partial charge in [0.2, 0.25) is 5.91 Å². The summed E-state index contributed by atoms with van der Waals surface area (Å²) >= 11 is 0. The highest BCUT2D eigenvalue weighted by Crippen LogP contribution is 2.26. The molecule has 0 aliphatic carbocycles. The summed E-state index contributed by atoms with van der Waals surface area (Å²) in [6, 6.07) is 0. The van der Waals surface area contributed by atoms with Crippen molar-refractivity contribution >= 4 is 5.91 Å². The molecule has 0 aromatic carbocycles. The van der Waals surface area contributed by atoms with E-state index in [0.717, 1.165) is 45.2 Å². The Balaban J connectivity index is 2.00. The van der Waals surface area contributed by atoms with Crippen molar-refractivity contribution in [2.24, 2.45) is 5.92 Å². The fourth-order valence-electron chi connectivity index (χ4n) is 2.83. The van der Waals surface area contributed by atoms with Gasteiger partial charge in [0.05, 0.1) is 5.54 Å². The third-order valence-electron chi connectivity index (χ3n) is 4.14. The number of piperazine rings is 1. The molecule has 1 amide bonds. The van der Waals surface area contributed by atoms with Crippen LogP contribution in [-0.2, 0) is 4.79 Å². The van der Waals surface area contributed by atoms with E-state index in [1.807, 2.05) is 4.90 Å². The van der Waals surface area contributed by atoms with E-state index in [4.69, 9.17) is 0 Å². The first-order chi connectivity index (χ1) is 8.01. The van der Waals surface area contributed by atoms with Crippen LogP contribution in [0.1, 0.15) is 27.2 Å². The van der Waals surface area contributed by atoms with E-state index >= 15 is 0 Å². The van der Waals surface area contributed by atoms with E-state index in [-0.39, 0.29) is 5.54 Å². The third-order valence-corrected chi connectivity index (χ3v) is 4.14. The normalized spacial score (nSPS) is 27.5. The molecule has 1 atom stereocenters. The second-order valence-electron chi connectivity index (χ2n) is 5.94. The molecule has 1 N–H and O–H groups in total. The van der Waals surface area contributed by atoms with Crippen LogP contribution in [0, 0.1) is 5.92 Å². The molecule has 2 aliphatic heterocycles. The van der Waals surface area contributed by atoms with Crippen molar-refractivity contribution in [1.29, 1.82) is 0 Å². The van der Waals surface area contributed by atoms with Crippen molar-refractivity contribution < 1.29 is 4.79 Å². The minimum absolute atomic E-state index is 0.299. The molecule has 2 fully saturated rings. The van der Waals surface area contributed by atoms with Gasteiger partial charge in [-0.05, 0) is 32.7 Å². The van der Waals surface area contributed by atoms with E-state index in [2.05, 4.69) is 31.0 Å². The van der Waals surface area contributed by atoms with Crippen LogP contribution in [0.4, 0.5) is 0 Å². The number of hydrogen-bond donors (Lipinski definition) is 1. The number of nitrogens with one attached hydrogen (secondary N) is 1. The van der Waals surface area contributed by atoms with Crippen molar-refractivity contribution in [2.45, 2.75) is 32.7 Å². The maximum absolute atomic E-state index is 12.6. The zero-order valence-electron chi connectivity index (χ0n) is 11.3. The third kappa shape index (κ3) is 2.63. The van der Waals surface area contributed by atoms with Crippen LogP contribution in [0.15, 0.2) is 0 Å². The lowest BCUT2D eigenvalue weighted by Gasteiger charge is -2.40. The molecule has 0 saturated carbocycles. The Labute approximate surface area is 104 Å². The maximum atomic E-state index is 12.6. The number of rotatable bonds is 2. The SMILES string of the molecule is CC1CCN(C(C)(C)C(=O)N2CCNCC2)C1. The van der Waals surface area contributed by atoms with Gasteiger partial charge in [-0.1, -0.05) is 6.92 Å². The summed E-state index contributed by atoms with van der Waals surface area (Å²) in [5.41, 5.74) is -0.331. The van der Waals surface area contributed by atoms with Gasteiger partial charge < -0.3 is 10.2 Å². The van der Waals surface area contributed by atoms with Crippen molar-refractivity contribution in [3.8, 4) is 0 Å². The summed E-state index contributed by atoms with van der Waals surface area (Å²) in [5, 5.41) is 3.29. The maximum Gasteiger partial charge on any atom is 0.242 e. The van der Waals surface area contributed by atoms with Crippen LogP contribution in [0.2, 0.25) is 0 Å². The minimum atomic E-state index is -0.331. The van der Waals surface area contributed by atoms with Crippen LogP contribution < -0.4 is 5.32 Å². The highest BCUT2D eigenvalue weighted by atomic mass is 16.2. The van der Waals surface area contributed by atoms with E-state index in [1.165, 1.54) is 6.42 Å². The summed E-state index contributed by atoms with van der Waals surface area (Å²) in [7, 11) is 0. The van der Waals surface area contributed by atoms with Gasteiger partial charge in [0.15, 0.2) is 0 Å². The fourth-order valence-corrected chi connectivity index (χ4v) is 2.83. The molecule has 2 saturated heterocycles. The average Bonchev–Trinajstić information content (AvgIpc) is 2.77. The summed E-state index contributed by atoms with van der Waals surface area (Å²) < 4.78 is 0. The number of hydrogen-bond acceptors (Lipinski definition) is 3. The van der Waals surface area contributed by atoms with E-state index in [1.54, 1.807) is 0 Å². The zero-order valence-corrected chi connectivity index (χ0v) is 11.3. The van der Waals surface area contributed by atoms with Crippen molar-refractivity contribution in [2.75, 3.05) is 39.3 Å². The molecule has 17 heavy (non-hydrogen) atoms. The largest absolute Gasteiger partial charge is 0.339 e. The second-order valence-corrected chi connectivity index (χ2v) is 5.94.